The third-order valence-electron chi connectivity index (χ3n) is 5.35. The first-order valence-electron chi connectivity index (χ1n) is 10.7. The van der Waals surface area contributed by atoms with E-state index < -0.39 is 73.6 Å². The predicted molar refractivity (Wildman–Crippen MR) is 121 cm³/mol. The van der Waals surface area contributed by atoms with Crippen molar-refractivity contribution in [2.45, 2.75) is 81.2 Å². The van der Waals surface area contributed by atoms with Crippen molar-refractivity contribution >= 4 is 30.2 Å². The molecule has 21 heteroatoms. The highest BCUT2D eigenvalue weighted by molar-refractivity contribution is 8.04. The zero-order chi connectivity index (χ0) is 32.2. The summed E-state index contributed by atoms with van der Waals surface area (Å²) in [6.45, 7) is 8.95. The molecule has 0 aliphatic rings. The van der Waals surface area contributed by atoms with E-state index in [1.165, 1.54) is 39.8 Å². The number of benzene rings is 1. The minimum Gasteiger partial charge on any atom is -0.377 e. The van der Waals surface area contributed by atoms with Gasteiger partial charge in [0.15, 0.2) is 0 Å². The summed E-state index contributed by atoms with van der Waals surface area (Å²) in [5, 5.41) is -6.13. The van der Waals surface area contributed by atoms with Gasteiger partial charge in [0.2, 0.25) is 0 Å². The van der Waals surface area contributed by atoms with Crippen LogP contribution in [-0.2, 0) is 30.2 Å². The lowest BCUT2D eigenvalue weighted by molar-refractivity contribution is -0.247. The van der Waals surface area contributed by atoms with E-state index >= 15 is 0 Å². The quantitative estimate of drug-likeness (QED) is 0.188. The molecule has 0 aliphatic heterocycles. The third-order valence-corrected chi connectivity index (χ3v) is 10.1. The average Bonchev–Trinajstić information content (AvgIpc) is 2.76. The molecular weight excluding hydrogens is 637 g/mol. The SMILES string of the molecule is CC(C)c1cc(C(C)C)c(OS(=O)(=O)C(F)(F)C(F)(F)C(F)(F)S(=O)(=O)N(O)S(=O)(=O)C(F)(F)F)c(C(C)C)c1. The first kappa shape index (κ1) is 36.2. The van der Waals surface area contributed by atoms with Gasteiger partial charge in [-0.05, 0) is 34.4 Å². The Morgan fingerprint density at radius 3 is 1.35 bits per heavy atom. The van der Waals surface area contributed by atoms with Crippen molar-refractivity contribution < 1.29 is 74.2 Å². The lowest BCUT2D eigenvalue weighted by atomic mass is 9.88. The lowest BCUT2D eigenvalue weighted by Gasteiger charge is -2.33. The molecule has 1 aromatic rings. The van der Waals surface area contributed by atoms with Crippen molar-refractivity contribution in [2.24, 2.45) is 0 Å². The number of hydrogen-bond acceptors (Lipinski definition) is 8. The van der Waals surface area contributed by atoms with Gasteiger partial charge in [-0.3, -0.25) is 5.21 Å². The second kappa shape index (κ2) is 10.8. The first-order valence-corrected chi connectivity index (χ1v) is 15.0. The van der Waals surface area contributed by atoms with E-state index in [1.54, 1.807) is 13.8 Å². The second-order valence-electron chi connectivity index (χ2n) is 9.27. The van der Waals surface area contributed by atoms with Crippen LogP contribution in [0.15, 0.2) is 12.1 Å². The number of halogens is 9. The number of hydrogen-bond donors (Lipinski definition) is 1. The van der Waals surface area contributed by atoms with Crippen LogP contribution in [0.3, 0.4) is 0 Å². The summed E-state index contributed by atoms with van der Waals surface area (Å²) in [6.07, 6.45) is 0. The van der Waals surface area contributed by atoms with Crippen LogP contribution in [0.4, 0.5) is 39.5 Å². The van der Waals surface area contributed by atoms with Crippen LogP contribution in [0.1, 0.15) is 76.0 Å². The molecule has 1 rings (SSSR count). The maximum Gasteiger partial charge on any atom is 0.514 e. The summed E-state index contributed by atoms with van der Waals surface area (Å²) >= 11 is 0. The molecule has 40 heavy (non-hydrogen) atoms. The minimum atomic E-state index is -8.31. The van der Waals surface area contributed by atoms with Crippen LogP contribution in [-0.4, -0.2) is 56.3 Å². The molecule has 0 fully saturated rings. The molecule has 0 atom stereocenters. The van der Waals surface area contributed by atoms with E-state index in [2.05, 4.69) is 4.18 Å². The third kappa shape index (κ3) is 5.75. The topological polar surface area (TPSA) is 135 Å². The molecule has 0 saturated carbocycles. The summed E-state index contributed by atoms with van der Waals surface area (Å²) in [4.78, 5) is 0. The minimum absolute atomic E-state index is 0.172. The smallest absolute Gasteiger partial charge is 0.377 e. The summed E-state index contributed by atoms with van der Waals surface area (Å²) in [6, 6.07) is 2.51. The van der Waals surface area contributed by atoms with Crippen LogP contribution in [0.5, 0.6) is 5.75 Å². The van der Waals surface area contributed by atoms with E-state index in [4.69, 9.17) is 5.21 Å². The standard InChI is InChI=1S/C19H24F9NO8S3/c1-9(2)12-7-13(10(3)4)15(14(8-12)11(5)6)37-40(35,36)18(24,25)16(20,21)17(22,23)38(31,32)29(30)39(33,34)19(26,27)28/h7-11,30H,1-6H3. The maximum absolute atomic E-state index is 14.7. The van der Waals surface area contributed by atoms with Gasteiger partial charge in [-0.15, -0.1) is 0 Å². The Labute approximate surface area is 224 Å². The Bertz CT molecular complexity index is 1410. The predicted octanol–water partition coefficient (Wildman–Crippen LogP) is 5.46. The van der Waals surface area contributed by atoms with Crippen molar-refractivity contribution in [3.8, 4) is 5.75 Å². The van der Waals surface area contributed by atoms with Crippen molar-refractivity contribution in [2.75, 3.05) is 0 Å². The highest BCUT2D eigenvalue weighted by Crippen LogP contribution is 2.53. The van der Waals surface area contributed by atoms with Crippen molar-refractivity contribution in [3.05, 3.63) is 28.8 Å². The van der Waals surface area contributed by atoms with Crippen LogP contribution >= 0.6 is 0 Å². The molecule has 0 heterocycles. The first-order chi connectivity index (χ1) is 17.4. The zero-order valence-corrected chi connectivity index (χ0v) is 23.7. The summed E-state index contributed by atoms with van der Waals surface area (Å²) < 4.78 is 195. The molecule has 0 unspecified atom stereocenters. The number of alkyl halides is 9. The monoisotopic (exact) mass is 661 g/mol. The Hall–Kier alpha value is -1.84. The molecule has 0 aromatic heterocycles. The number of nitrogens with zero attached hydrogens (tertiary/aromatic N) is 1. The normalized spacial score (nSPS) is 15.0. The van der Waals surface area contributed by atoms with Crippen LogP contribution in [0, 0.1) is 0 Å². The highest BCUT2D eigenvalue weighted by Gasteiger charge is 2.85. The molecule has 0 spiro atoms. The van der Waals surface area contributed by atoms with Gasteiger partial charge in [-0.25, -0.2) is 8.42 Å². The summed E-state index contributed by atoms with van der Waals surface area (Å²) in [5.74, 6) is -10.5. The van der Waals surface area contributed by atoms with Crippen molar-refractivity contribution in [3.63, 3.8) is 0 Å². The second-order valence-corrected chi connectivity index (χ2v) is 14.7. The van der Waals surface area contributed by atoms with E-state index in [0.29, 0.717) is 5.56 Å². The summed E-state index contributed by atoms with van der Waals surface area (Å²) in [7, 11) is -23.4. The van der Waals surface area contributed by atoms with Gasteiger partial charge in [-0.1, -0.05) is 53.7 Å². The van der Waals surface area contributed by atoms with Gasteiger partial charge in [-0.2, -0.15) is 56.3 Å². The fourth-order valence-corrected chi connectivity index (χ4v) is 6.37. The molecule has 0 amide bonds. The largest absolute Gasteiger partial charge is 0.514 e. The molecule has 0 aliphatic carbocycles. The molecule has 1 aromatic carbocycles. The molecule has 234 valence electrons. The van der Waals surface area contributed by atoms with Gasteiger partial charge in [0.05, 0.1) is 0 Å². The van der Waals surface area contributed by atoms with E-state index in [1.807, 2.05) is 0 Å². The van der Waals surface area contributed by atoms with Crippen molar-refractivity contribution in [1.29, 1.82) is 0 Å². The Morgan fingerprint density at radius 1 is 0.675 bits per heavy atom. The van der Waals surface area contributed by atoms with Crippen LogP contribution in [0.25, 0.3) is 0 Å². The molecule has 9 nitrogen and oxygen atoms in total. The Balaban J connectivity index is 3.87. The average molecular weight is 662 g/mol. The fourth-order valence-electron chi connectivity index (χ4n) is 2.95. The molecule has 0 saturated heterocycles. The number of sulfonamides is 2. The van der Waals surface area contributed by atoms with Crippen molar-refractivity contribution in [1.82, 2.24) is 3.87 Å². The van der Waals surface area contributed by atoms with Gasteiger partial charge >= 0.3 is 52.1 Å². The van der Waals surface area contributed by atoms with Crippen LogP contribution < -0.4 is 4.18 Å². The van der Waals surface area contributed by atoms with Gasteiger partial charge in [0, 0.05) is 3.87 Å². The van der Waals surface area contributed by atoms with E-state index in [9.17, 15) is 64.8 Å². The summed E-state index contributed by atoms with van der Waals surface area (Å²) in [5.41, 5.74) is -6.74. The van der Waals surface area contributed by atoms with Gasteiger partial charge in [0.25, 0.3) is 0 Å². The van der Waals surface area contributed by atoms with E-state index in [-0.39, 0.29) is 17.0 Å². The highest BCUT2D eigenvalue weighted by atomic mass is 32.3. The molecule has 1 N–H and O–H groups in total. The molecular formula is C19H24F9NO8S3. The Kier molecular flexibility index (Phi) is 9.75. The van der Waals surface area contributed by atoms with Gasteiger partial charge < -0.3 is 4.18 Å². The van der Waals surface area contributed by atoms with E-state index in [0.717, 1.165) is 0 Å². The zero-order valence-electron chi connectivity index (χ0n) is 21.3. The molecule has 0 radical (unpaired) electrons. The van der Waals surface area contributed by atoms with Crippen LogP contribution in [0.2, 0.25) is 0 Å². The lowest BCUT2D eigenvalue weighted by Crippen LogP contribution is -2.64. The fraction of sp³-hybridized carbons (Fsp3) is 0.684. The Morgan fingerprint density at radius 2 is 1.05 bits per heavy atom. The molecule has 0 bridgehead atoms. The number of rotatable bonds is 11. The maximum atomic E-state index is 14.7. The van der Waals surface area contributed by atoms with Gasteiger partial charge in [0.1, 0.15) is 5.75 Å².